The van der Waals surface area contributed by atoms with Gasteiger partial charge in [0, 0.05) is 21.3 Å². The van der Waals surface area contributed by atoms with Gasteiger partial charge in [0.2, 0.25) is 0 Å². The van der Waals surface area contributed by atoms with Crippen molar-refractivity contribution in [3.05, 3.63) is 81.8 Å². The number of carbonyl (C=O) groups is 2. The molecule has 0 aliphatic carbocycles. The summed E-state index contributed by atoms with van der Waals surface area (Å²) in [4.78, 5) is 24.8. The lowest BCUT2D eigenvalue weighted by Crippen LogP contribution is -2.20. The molecular weight excluding hydrogens is 514 g/mol. The van der Waals surface area contributed by atoms with E-state index in [9.17, 15) is 9.59 Å². The first-order valence-electron chi connectivity index (χ1n) is 10.8. The normalized spacial score (nSPS) is 10.6. The van der Waals surface area contributed by atoms with Crippen molar-refractivity contribution in [2.24, 2.45) is 5.10 Å². The van der Waals surface area contributed by atoms with Crippen LogP contribution in [0.25, 0.3) is 0 Å². The van der Waals surface area contributed by atoms with E-state index in [1.807, 2.05) is 38.1 Å². The predicted octanol–water partition coefficient (Wildman–Crippen LogP) is 4.95. The minimum Gasteiger partial charge on any atom is -0.493 e. The van der Waals surface area contributed by atoms with Crippen LogP contribution in [-0.4, -0.2) is 38.4 Å². The van der Waals surface area contributed by atoms with Crippen LogP contribution >= 0.6 is 15.9 Å². The summed E-state index contributed by atoms with van der Waals surface area (Å²) in [5.74, 6) is 0.734. The van der Waals surface area contributed by atoms with Crippen molar-refractivity contribution in [1.82, 2.24) is 5.43 Å². The Balaban J connectivity index is 1.63. The number of hydrogen-bond donors (Lipinski definition) is 2. The number of benzene rings is 3. The lowest BCUT2D eigenvalue weighted by molar-refractivity contribution is -0.118. The van der Waals surface area contributed by atoms with Crippen molar-refractivity contribution in [2.45, 2.75) is 13.8 Å². The summed E-state index contributed by atoms with van der Waals surface area (Å²) in [5, 5.41) is 6.84. The summed E-state index contributed by atoms with van der Waals surface area (Å²) < 4.78 is 17.2. The number of carbonyl (C=O) groups excluding carboxylic acids is 2. The SMILES string of the molecule is CCOc1ccc(C(=O)N/N=C/c2cc(Br)ccc2OCC(=O)Nc2cccc(C)c2)cc1OC. The highest BCUT2D eigenvalue weighted by Gasteiger charge is 2.11. The van der Waals surface area contributed by atoms with Crippen LogP contribution in [0.4, 0.5) is 5.69 Å². The average Bonchev–Trinajstić information content (AvgIpc) is 2.84. The van der Waals surface area contributed by atoms with Gasteiger partial charge in [-0.3, -0.25) is 9.59 Å². The molecule has 0 atom stereocenters. The van der Waals surface area contributed by atoms with Gasteiger partial charge in [0.1, 0.15) is 5.75 Å². The highest BCUT2D eigenvalue weighted by atomic mass is 79.9. The molecule has 0 radical (unpaired) electrons. The van der Waals surface area contributed by atoms with Gasteiger partial charge in [-0.2, -0.15) is 5.10 Å². The maximum Gasteiger partial charge on any atom is 0.271 e. The summed E-state index contributed by atoms with van der Waals surface area (Å²) >= 11 is 3.41. The summed E-state index contributed by atoms with van der Waals surface area (Å²) in [7, 11) is 1.51. The third-order valence-electron chi connectivity index (χ3n) is 4.73. The zero-order valence-corrected chi connectivity index (χ0v) is 21.2. The number of aryl methyl sites for hydroxylation is 1. The van der Waals surface area contributed by atoms with Crippen molar-refractivity contribution < 1.29 is 23.8 Å². The number of nitrogens with one attached hydrogen (secondary N) is 2. The third kappa shape index (κ3) is 7.58. The van der Waals surface area contributed by atoms with Crippen molar-refractivity contribution in [1.29, 1.82) is 0 Å². The number of nitrogens with zero attached hydrogens (tertiary/aromatic N) is 1. The lowest BCUT2D eigenvalue weighted by Gasteiger charge is -2.11. The molecule has 2 N–H and O–H groups in total. The van der Waals surface area contributed by atoms with Gasteiger partial charge in [-0.05, 0) is 67.9 Å². The molecule has 9 heteroatoms. The Hall–Kier alpha value is -3.85. The van der Waals surface area contributed by atoms with E-state index in [2.05, 4.69) is 31.8 Å². The topological polar surface area (TPSA) is 98.3 Å². The predicted molar refractivity (Wildman–Crippen MR) is 139 cm³/mol. The Labute approximate surface area is 212 Å². The van der Waals surface area contributed by atoms with E-state index in [1.165, 1.54) is 13.3 Å². The zero-order chi connectivity index (χ0) is 25.2. The number of anilines is 1. The van der Waals surface area contributed by atoms with E-state index in [4.69, 9.17) is 14.2 Å². The number of hydrazone groups is 1. The molecule has 182 valence electrons. The molecule has 0 aliphatic heterocycles. The second kappa shape index (κ2) is 12.6. The molecule has 3 aromatic carbocycles. The first-order valence-corrected chi connectivity index (χ1v) is 11.6. The molecule has 0 bridgehead atoms. The third-order valence-corrected chi connectivity index (χ3v) is 5.22. The summed E-state index contributed by atoms with van der Waals surface area (Å²) in [6, 6.07) is 17.6. The van der Waals surface area contributed by atoms with Crippen LogP contribution in [0.1, 0.15) is 28.4 Å². The lowest BCUT2D eigenvalue weighted by atomic mass is 10.2. The zero-order valence-electron chi connectivity index (χ0n) is 19.6. The first kappa shape index (κ1) is 25.8. The van der Waals surface area contributed by atoms with E-state index in [0.717, 1.165) is 10.0 Å². The second-order valence-corrected chi connectivity index (χ2v) is 8.30. The minimum atomic E-state index is -0.419. The molecular formula is C26H26BrN3O5. The van der Waals surface area contributed by atoms with Gasteiger partial charge in [-0.1, -0.05) is 28.1 Å². The Morgan fingerprint density at radius 3 is 2.54 bits per heavy atom. The fourth-order valence-corrected chi connectivity index (χ4v) is 3.50. The second-order valence-electron chi connectivity index (χ2n) is 7.39. The monoisotopic (exact) mass is 539 g/mol. The molecule has 0 aliphatic rings. The van der Waals surface area contributed by atoms with Gasteiger partial charge in [-0.15, -0.1) is 0 Å². The van der Waals surface area contributed by atoms with E-state index < -0.39 is 5.91 Å². The number of hydrogen-bond acceptors (Lipinski definition) is 6. The first-order chi connectivity index (χ1) is 16.9. The molecule has 0 unspecified atom stereocenters. The maximum absolute atomic E-state index is 12.5. The van der Waals surface area contributed by atoms with E-state index in [-0.39, 0.29) is 12.5 Å². The Bertz CT molecular complexity index is 1230. The molecule has 3 rings (SSSR count). The molecule has 0 spiro atoms. The van der Waals surface area contributed by atoms with Crippen LogP contribution in [0, 0.1) is 6.92 Å². The van der Waals surface area contributed by atoms with Crippen LogP contribution in [0.15, 0.2) is 70.2 Å². The molecule has 0 aromatic heterocycles. The van der Waals surface area contributed by atoms with Gasteiger partial charge >= 0.3 is 0 Å². The van der Waals surface area contributed by atoms with Crippen molar-refractivity contribution in [3.8, 4) is 17.2 Å². The van der Waals surface area contributed by atoms with Crippen LogP contribution in [-0.2, 0) is 4.79 Å². The Morgan fingerprint density at radius 1 is 1.00 bits per heavy atom. The standard InChI is InChI=1S/C26H26BrN3O5/c1-4-34-23-10-8-18(14-24(23)33-3)26(32)30-28-15-19-13-20(27)9-11-22(19)35-16-25(31)29-21-7-5-6-17(2)12-21/h5-15H,4,16H2,1-3H3,(H,29,31)(H,30,32)/b28-15+. The number of rotatable bonds is 10. The summed E-state index contributed by atoms with van der Waals surface area (Å²) in [5.41, 5.74) is 5.16. The Kier molecular flexibility index (Phi) is 9.25. The molecule has 0 fully saturated rings. The minimum absolute atomic E-state index is 0.186. The maximum atomic E-state index is 12.5. The summed E-state index contributed by atoms with van der Waals surface area (Å²) in [6.07, 6.45) is 1.45. The van der Waals surface area contributed by atoms with Crippen LogP contribution < -0.4 is 25.0 Å². The fraction of sp³-hybridized carbons (Fsp3) is 0.192. The molecule has 35 heavy (non-hydrogen) atoms. The highest BCUT2D eigenvalue weighted by molar-refractivity contribution is 9.10. The van der Waals surface area contributed by atoms with Crippen molar-refractivity contribution in [3.63, 3.8) is 0 Å². The van der Waals surface area contributed by atoms with Gasteiger partial charge in [0.25, 0.3) is 11.8 Å². The van der Waals surface area contributed by atoms with Gasteiger partial charge in [0.05, 0.1) is 19.9 Å². The van der Waals surface area contributed by atoms with Crippen molar-refractivity contribution >= 4 is 39.6 Å². The molecule has 0 saturated heterocycles. The van der Waals surface area contributed by atoms with Gasteiger partial charge in [0.15, 0.2) is 18.1 Å². The number of amides is 2. The number of ether oxygens (including phenoxy) is 3. The van der Waals surface area contributed by atoms with Gasteiger partial charge in [-0.25, -0.2) is 5.43 Å². The quantitative estimate of drug-likeness (QED) is 0.280. The molecule has 0 saturated carbocycles. The van der Waals surface area contributed by atoms with Crippen LogP contribution in [0.3, 0.4) is 0 Å². The smallest absolute Gasteiger partial charge is 0.271 e. The number of methoxy groups -OCH3 is 1. The molecule has 2 amide bonds. The average molecular weight is 540 g/mol. The molecule has 3 aromatic rings. The molecule has 0 heterocycles. The molecule has 8 nitrogen and oxygen atoms in total. The van der Waals surface area contributed by atoms with Crippen LogP contribution in [0.5, 0.6) is 17.2 Å². The van der Waals surface area contributed by atoms with E-state index in [1.54, 1.807) is 36.4 Å². The highest BCUT2D eigenvalue weighted by Crippen LogP contribution is 2.28. The summed E-state index contributed by atoms with van der Waals surface area (Å²) in [6.45, 7) is 4.11. The fourth-order valence-electron chi connectivity index (χ4n) is 3.12. The Morgan fingerprint density at radius 2 is 1.80 bits per heavy atom. The largest absolute Gasteiger partial charge is 0.493 e. The van der Waals surface area contributed by atoms with Crippen molar-refractivity contribution in [2.75, 3.05) is 25.6 Å². The van der Waals surface area contributed by atoms with E-state index >= 15 is 0 Å². The van der Waals surface area contributed by atoms with E-state index in [0.29, 0.717) is 40.7 Å². The number of halogens is 1. The van der Waals surface area contributed by atoms with Crippen LogP contribution in [0.2, 0.25) is 0 Å². The van der Waals surface area contributed by atoms with Gasteiger partial charge < -0.3 is 19.5 Å².